The Labute approximate surface area is 157 Å². The lowest BCUT2D eigenvalue weighted by molar-refractivity contribution is -0.288. The maximum absolute atomic E-state index is 5.77. The van der Waals surface area contributed by atoms with E-state index < -0.39 is 0 Å². The van der Waals surface area contributed by atoms with E-state index in [1.165, 1.54) is 0 Å². The van der Waals surface area contributed by atoms with Gasteiger partial charge in [0.25, 0.3) is 0 Å². The largest absolute Gasteiger partial charge is 0.381 e. The third kappa shape index (κ3) is 12.4. The standard InChI is InChI=1S/C21H40O3.CH4/c1-8-10-13-19(5)21(22-7)20(6)18(4)14-16-24-23-15-11-12-17(3)9-2;/h8,10-12,17-21H,9,13-16H2,1-7H3;1H4/b10-8+,12-11-;/t17-,18-,19+,20+,21-;/m1./s1. The van der Waals surface area contributed by atoms with Crippen molar-refractivity contribution < 1.29 is 14.5 Å². The van der Waals surface area contributed by atoms with Crippen molar-refractivity contribution in [3.8, 4) is 0 Å². The highest BCUT2D eigenvalue weighted by Crippen LogP contribution is 2.27. The molecule has 0 amide bonds. The van der Waals surface area contributed by atoms with Crippen molar-refractivity contribution in [2.45, 2.75) is 74.3 Å². The van der Waals surface area contributed by atoms with Gasteiger partial charge in [-0.1, -0.05) is 72.8 Å². The SMILES string of the molecule is C.C/C=C/C[C@H](C)[C@@H](OC)[C@@H](C)[C@H](C)CCOOC/C=C\[C@H](C)CC. The van der Waals surface area contributed by atoms with E-state index in [1.54, 1.807) is 0 Å². The first-order valence-electron chi connectivity index (χ1n) is 9.52. The zero-order valence-corrected chi connectivity index (χ0v) is 17.0. The summed E-state index contributed by atoms with van der Waals surface area (Å²) >= 11 is 0. The number of rotatable bonds is 14. The molecule has 0 N–H and O–H groups in total. The van der Waals surface area contributed by atoms with Crippen LogP contribution in [0.3, 0.4) is 0 Å². The molecule has 0 bridgehead atoms. The third-order valence-electron chi connectivity index (χ3n) is 5.01. The summed E-state index contributed by atoms with van der Waals surface area (Å²) in [4.78, 5) is 10.5. The quantitative estimate of drug-likeness (QED) is 0.155. The van der Waals surface area contributed by atoms with E-state index in [2.05, 4.69) is 59.8 Å². The van der Waals surface area contributed by atoms with Crippen LogP contribution in [0.5, 0.6) is 0 Å². The van der Waals surface area contributed by atoms with Gasteiger partial charge in [-0.15, -0.1) is 0 Å². The number of hydrogen-bond acceptors (Lipinski definition) is 3. The average Bonchev–Trinajstić information content (AvgIpc) is 2.58. The van der Waals surface area contributed by atoms with Crippen LogP contribution < -0.4 is 0 Å². The van der Waals surface area contributed by atoms with Crippen LogP contribution in [0.2, 0.25) is 0 Å². The molecule has 0 unspecified atom stereocenters. The molecule has 0 aromatic carbocycles. The van der Waals surface area contributed by atoms with Crippen LogP contribution >= 0.6 is 0 Å². The minimum Gasteiger partial charge on any atom is -0.381 e. The van der Waals surface area contributed by atoms with Crippen molar-refractivity contribution in [2.24, 2.45) is 23.7 Å². The summed E-state index contributed by atoms with van der Waals surface area (Å²) in [5, 5.41) is 0. The second-order valence-corrected chi connectivity index (χ2v) is 7.03. The smallest absolute Gasteiger partial charge is 0.100 e. The summed E-state index contributed by atoms with van der Waals surface area (Å²) < 4.78 is 5.77. The topological polar surface area (TPSA) is 27.7 Å². The minimum atomic E-state index is 0. The average molecular weight is 357 g/mol. The molecule has 0 aromatic rings. The number of hydrogen-bond donors (Lipinski definition) is 0. The van der Waals surface area contributed by atoms with Gasteiger partial charge in [-0.2, -0.15) is 0 Å². The molecule has 0 aromatic heterocycles. The Morgan fingerprint density at radius 2 is 1.64 bits per heavy atom. The monoisotopic (exact) mass is 356 g/mol. The lowest BCUT2D eigenvalue weighted by Crippen LogP contribution is -2.32. The second kappa shape index (κ2) is 16.8. The van der Waals surface area contributed by atoms with Crippen LogP contribution in [0.4, 0.5) is 0 Å². The Bertz CT molecular complexity index is 338. The van der Waals surface area contributed by atoms with Gasteiger partial charge in [0, 0.05) is 7.11 Å². The molecule has 0 aliphatic carbocycles. The first-order valence-corrected chi connectivity index (χ1v) is 9.52. The Morgan fingerprint density at radius 3 is 2.20 bits per heavy atom. The van der Waals surface area contributed by atoms with E-state index >= 15 is 0 Å². The first-order chi connectivity index (χ1) is 11.5. The minimum absolute atomic E-state index is 0. The van der Waals surface area contributed by atoms with Crippen LogP contribution in [0.15, 0.2) is 24.3 Å². The zero-order valence-electron chi connectivity index (χ0n) is 17.0. The van der Waals surface area contributed by atoms with Gasteiger partial charge in [-0.25, -0.2) is 9.78 Å². The van der Waals surface area contributed by atoms with E-state index in [4.69, 9.17) is 14.5 Å². The molecule has 0 fully saturated rings. The summed E-state index contributed by atoms with van der Waals surface area (Å²) in [6.45, 7) is 14.4. The van der Waals surface area contributed by atoms with Gasteiger partial charge in [0.2, 0.25) is 0 Å². The number of allylic oxidation sites excluding steroid dienone is 3. The molecular formula is C22H44O3. The molecule has 0 heterocycles. The van der Waals surface area contributed by atoms with Crippen LogP contribution in [-0.4, -0.2) is 26.4 Å². The van der Waals surface area contributed by atoms with Crippen LogP contribution in [-0.2, 0) is 14.5 Å². The molecule has 0 saturated heterocycles. The highest BCUT2D eigenvalue weighted by Gasteiger charge is 2.26. The van der Waals surface area contributed by atoms with E-state index in [0.717, 1.165) is 19.3 Å². The summed E-state index contributed by atoms with van der Waals surface area (Å²) in [6.07, 6.45) is 12.0. The van der Waals surface area contributed by atoms with Gasteiger partial charge in [0.05, 0.1) is 12.7 Å². The molecule has 0 spiro atoms. The van der Waals surface area contributed by atoms with Crippen molar-refractivity contribution >= 4 is 0 Å². The van der Waals surface area contributed by atoms with E-state index in [1.807, 2.05) is 13.2 Å². The van der Waals surface area contributed by atoms with Gasteiger partial charge in [-0.05, 0) is 43.4 Å². The fourth-order valence-electron chi connectivity index (χ4n) is 2.84. The molecular weight excluding hydrogens is 312 g/mol. The number of ether oxygens (including phenoxy) is 1. The van der Waals surface area contributed by atoms with Crippen LogP contribution in [0.1, 0.15) is 68.2 Å². The molecule has 25 heavy (non-hydrogen) atoms. The van der Waals surface area contributed by atoms with Crippen molar-refractivity contribution in [1.29, 1.82) is 0 Å². The van der Waals surface area contributed by atoms with Crippen molar-refractivity contribution in [2.75, 3.05) is 20.3 Å². The molecule has 0 rings (SSSR count). The molecule has 3 heteroatoms. The van der Waals surface area contributed by atoms with E-state index in [9.17, 15) is 0 Å². The lowest BCUT2D eigenvalue weighted by atomic mass is 9.82. The second-order valence-electron chi connectivity index (χ2n) is 7.03. The fraction of sp³-hybridized carbons (Fsp3) is 0.818. The summed E-state index contributed by atoms with van der Waals surface area (Å²) in [5.74, 6) is 2.14. The lowest BCUT2D eigenvalue weighted by Gasteiger charge is -2.32. The third-order valence-corrected chi connectivity index (χ3v) is 5.01. The van der Waals surface area contributed by atoms with E-state index in [0.29, 0.717) is 36.9 Å². The molecule has 0 aliphatic heterocycles. The Hall–Kier alpha value is -0.640. The van der Waals surface area contributed by atoms with Gasteiger partial charge >= 0.3 is 0 Å². The molecule has 0 saturated carbocycles. The molecule has 5 atom stereocenters. The normalized spacial score (nSPS) is 18.0. The van der Waals surface area contributed by atoms with Gasteiger partial charge < -0.3 is 4.74 Å². The van der Waals surface area contributed by atoms with E-state index in [-0.39, 0.29) is 13.5 Å². The Morgan fingerprint density at radius 1 is 0.960 bits per heavy atom. The maximum Gasteiger partial charge on any atom is 0.100 e. The molecule has 3 nitrogen and oxygen atoms in total. The predicted octanol–water partition coefficient (Wildman–Crippen LogP) is 6.45. The molecule has 0 aliphatic rings. The van der Waals surface area contributed by atoms with Crippen molar-refractivity contribution in [3.05, 3.63) is 24.3 Å². The summed E-state index contributed by atoms with van der Waals surface area (Å²) in [7, 11) is 1.82. The fourth-order valence-corrected chi connectivity index (χ4v) is 2.84. The van der Waals surface area contributed by atoms with Gasteiger partial charge in [0.1, 0.15) is 6.61 Å². The first kappa shape index (κ1) is 26.6. The highest BCUT2D eigenvalue weighted by atomic mass is 17.2. The number of methoxy groups -OCH3 is 1. The van der Waals surface area contributed by atoms with Crippen LogP contribution in [0, 0.1) is 23.7 Å². The molecule has 150 valence electrons. The maximum atomic E-state index is 5.77. The zero-order chi connectivity index (χ0) is 18.4. The summed E-state index contributed by atoms with van der Waals surface area (Å²) in [6, 6.07) is 0. The predicted molar refractivity (Wildman–Crippen MR) is 110 cm³/mol. The molecule has 0 radical (unpaired) electrons. The van der Waals surface area contributed by atoms with Gasteiger partial charge in [0.15, 0.2) is 0 Å². The van der Waals surface area contributed by atoms with Gasteiger partial charge in [-0.3, -0.25) is 0 Å². The van der Waals surface area contributed by atoms with Crippen LogP contribution in [0.25, 0.3) is 0 Å². The highest BCUT2D eigenvalue weighted by molar-refractivity contribution is 4.85. The van der Waals surface area contributed by atoms with Crippen molar-refractivity contribution in [1.82, 2.24) is 0 Å². The summed E-state index contributed by atoms with van der Waals surface area (Å²) in [5.41, 5.74) is 0. The van der Waals surface area contributed by atoms with Crippen molar-refractivity contribution in [3.63, 3.8) is 0 Å². The Kier molecular flexibility index (Phi) is 17.9. The Balaban J connectivity index is 0.